The van der Waals surface area contributed by atoms with Gasteiger partial charge in [0.25, 0.3) is 5.91 Å². The van der Waals surface area contributed by atoms with Crippen LogP contribution in [0.2, 0.25) is 0 Å². The molecule has 2 aliphatic heterocycles. The number of carboxylic acid groups (broad SMARTS) is 1. The maximum atomic E-state index is 12.7. The lowest BCUT2D eigenvalue weighted by molar-refractivity contribution is -0.137. The molecule has 1 saturated heterocycles. The van der Waals surface area contributed by atoms with Gasteiger partial charge in [0.1, 0.15) is 6.10 Å². The summed E-state index contributed by atoms with van der Waals surface area (Å²) >= 11 is 0. The van der Waals surface area contributed by atoms with E-state index in [1.807, 2.05) is 31.2 Å². The molecule has 0 saturated carbocycles. The zero-order chi connectivity index (χ0) is 15.0. The summed E-state index contributed by atoms with van der Waals surface area (Å²) < 4.78 is 5.56. The number of benzene rings is 1. The van der Waals surface area contributed by atoms with Crippen LogP contribution in [0.25, 0.3) is 0 Å². The highest BCUT2D eigenvalue weighted by Crippen LogP contribution is 2.39. The molecule has 0 radical (unpaired) electrons. The molecule has 5 heteroatoms. The van der Waals surface area contributed by atoms with E-state index in [4.69, 9.17) is 9.84 Å². The van der Waals surface area contributed by atoms with Crippen LogP contribution in [0.1, 0.15) is 31.2 Å². The van der Waals surface area contributed by atoms with Gasteiger partial charge < -0.3 is 14.7 Å². The number of carbonyl (C=O) groups is 2. The number of carbonyl (C=O) groups excluding carboxylic acids is 1. The molecule has 2 aliphatic rings. The lowest BCUT2D eigenvalue weighted by atomic mass is 9.98. The molecule has 112 valence electrons. The molecule has 1 N–H and O–H groups in total. The lowest BCUT2D eigenvalue weighted by Crippen LogP contribution is -2.40. The van der Waals surface area contributed by atoms with E-state index in [1.54, 1.807) is 4.90 Å². The SMILES string of the molecule is CC1CCOC1C(=O)N1CC(CC(=O)O)c2ccccc21. The molecule has 3 atom stereocenters. The molecule has 1 amide bonds. The smallest absolute Gasteiger partial charge is 0.304 e. The molecule has 3 unspecified atom stereocenters. The minimum atomic E-state index is -0.838. The predicted octanol–water partition coefficient (Wildman–Crippen LogP) is 2.02. The molecule has 2 heterocycles. The van der Waals surface area contributed by atoms with Crippen LogP contribution in [0.5, 0.6) is 0 Å². The molecular weight excluding hydrogens is 270 g/mol. The van der Waals surface area contributed by atoms with Crippen molar-refractivity contribution in [1.29, 1.82) is 0 Å². The lowest BCUT2D eigenvalue weighted by Gasteiger charge is -2.23. The molecule has 1 fully saturated rings. The number of fused-ring (bicyclic) bond motifs is 1. The van der Waals surface area contributed by atoms with Crippen molar-refractivity contribution >= 4 is 17.6 Å². The Morgan fingerprint density at radius 3 is 2.81 bits per heavy atom. The van der Waals surface area contributed by atoms with Crippen LogP contribution in [-0.4, -0.2) is 36.2 Å². The molecule has 0 bridgehead atoms. The number of para-hydroxylation sites is 1. The molecule has 1 aromatic rings. The zero-order valence-corrected chi connectivity index (χ0v) is 12.0. The van der Waals surface area contributed by atoms with E-state index >= 15 is 0 Å². The number of hydrogen-bond acceptors (Lipinski definition) is 3. The van der Waals surface area contributed by atoms with E-state index in [0.29, 0.717) is 13.2 Å². The van der Waals surface area contributed by atoms with Gasteiger partial charge in [0.2, 0.25) is 0 Å². The third kappa shape index (κ3) is 2.53. The van der Waals surface area contributed by atoms with E-state index in [1.165, 1.54) is 0 Å². The van der Waals surface area contributed by atoms with E-state index in [2.05, 4.69) is 0 Å². The monoisotopic (exact) mass is 289 g/mol. The third-order valence-corrected chi connectivity index (χ3v) is 4.39. The normalized spacial score (nSPS) is 27.7. The Morgan fingerprint density at radius 1 is 1.38 bits per heavy atom. The van der Waals surface area contributed by atoms with Crippen LogP contribution in [-0.2, 0) is 14.3 Å². The van der Waals surface area contributed by atoms with Crippen molar-refractivity contribution < 1.29 is 19.4 Å². The van der Waals surface area contributed by atoms with E-state index in [-0.39, 0.29) is 24.2 Å². The fourth-order valence-corrected chi connectivity index (χ4v) is 3.25. The van der Waals surface area contributed by atoms with E-state index in [9.17, 15) is 9.59 Å². The van der Waals surface area contributed by atoms with Gasteiger partial charge in [-0.1, -0.05) is 25.1 Å². The van der Waals surface area contributed by atoms with Crippen LogP contribution >= 0.6 is 0 Å². The number of amides is 1. The average molecular weight is 289 g/mol. The van der Waals surface area contributed by atoms with Crippen molar-refractivity contribution in [2.75, 3.05) is 18.1 Å². The van der Waals surface area contributed by atoms with Crippen molar-refractivity contribution in [2.24, 2.45) is 5.92 Å². The van der Waals surface area contributed by atoms with E-state index < -0.39 is 12.1 Å². The van der Waals surface area contributed by atoms with Crippen molar-refractivity contribution in [1.82, 2.24) is 0 Å². The van der Waals surface area contributed by atoms with Gasteiger partial charge in [-0.05, 0) is 24.0 Å². The molecule has 3 rings (SSSR count). The minimum absolute atomic E-state index is 0.0414. The number of ether oxygens (including phenoxy) is 1. The Labute approximate surface area is 123 Å². The highest BCUT2D eigenvalue weighted by molar-refractivity contribution is 5.99. The van der Waals surface area contributed by atoms with Gasteiger partial charge in [-0.25, -0.2) is 0 Å². The first-order chi connectivity index (χ1) is 10.1. The first-order valence-corrected chi connectivity index (χ1v) is 7.31. The van der Waals surface area contributed by atoms with Gasteiger partial charge in [0, 0.05) is 24.8 Å². The molecule has 0 aliphatic carbocycles. The summed E-state index contributed by atoms with van der Waals surface area (Å²) in [6, 6.07) is 7.56. The third-order valence-electron chi connectivity index (χ3n) is 4.39. The largest absolute Gasteiger partial charge is 0.481 e. The Hall–Kier alpha value is -1.88. The Morgan fingerprint density at radius 2 is 2.14 bits per heavy atom. The summed E-state index contributed by atoms with van der Waals surface area (Å²) in [7, 11) is 0. The second kappa shape index (κ2) is 5.48. The number of anilines is 1. The van der Waals surface area contributed by atoms with Crippen molar-refractivity contribution in [3.63, 3.8) is 0 Å². The van der Waals surface area contributed by atoms with Gasteiger partial charge in [-0.3, -0.25) is 9.59 Å². The van der Waals surface area contributed by atoms with Gasteiger partial charge in [-0.2, -0.15) is 0 Å². The Kier molecular flexibility index (Phi) is 3.68. The zero-order valence-electron chi connectivity index (χ0n) is 12.0. The summed E-state index contributed by atoms with van der Waals surface area (Å²) in [5.74, 6) is -0.808. The summed E-state index contributed by atoms with van der Waals surface area (Å²) in [6.07, 6.45) is 0.536. The second-order valence-corrected chi connectivity index (χ2v) is 5.86. The van der Waals surface area contributed by atoms with Crippen molar-refractivity contribution in [3.05, 3.63) is 29.8 Å². The van der Waals surface area contributed by atoms with Gasteiger partial charge in [0.05, 0.1) is 6.42 Å². The summed E-state index contributed by atoms with van der Waals surface area (Å²) in [4.78, 5) is 25.4. The molecule has 1 aromatic carbocycles. The van der Waals surface area contributed by atoms with Crippen LogP contribution in [0.15, 0.2) is 24.3 Å². The topological polar surface area (TPSA) is 66.8 Å². The summed E-state index contributed by atoms with van der Waals surface area (Å²) in [6.45, 7) is 3.06. The maximum absolute atomic E-state index is 12.7. The number of hydrogen-bond donors (Lipinski definition) is 1. The quantitative estimate of drug-likeness (QED) is 0.924. The Bertz CT molecular complexity index is 571. The first-order valence-electron chi connectivity index (χ1n) is 7.31. The minimum Gasteiger partial charge on any atom is -0.481 e. The molecule has 21 heavy (non-hydrogen) atoms. The standard InChI is InChI=1S/C16H19NO4/c1-10-6-7-21-15(10)16(20)17-9-11(8-14(18)19)12-4-2-3-5-13(12)17/h2-5,10-11,15H,6-9H2,1H3,(H,18,19). The molecular formula is C16H19NO4. The summed E-state index contributed by atoms with van der Waals surface area (Å²) in [5, 5.41) is 9.05. The fraction of sp³-hybridized carbons (Fsp3) is 0.500. The number of carboxylic acids is 1. The highest BCUT2D eigenvalue weighted by atomic mass is 16.5. The molecule has 0 spiro atoms. The second-order valence-electron chi connectivity index (χ2n) is 5.86. The number of nitrogens with zero attached hydrogens (tertiary/aromatic N) is 1. The van der Waals surface area contributed by atoms with Gasteiger partial charge in [-0.15, -0.1) is 0 Å². The fourth-order valence-electron chi connectivity index (χ4n) is 3.25. The van der Waals surface area contributed by atoms with Gasteiger partial charge in [0.15, 0.2) is 0 Å². The van der Waals surface area contributed by atoms with Crippen LogP contribution in [0.3, 0.4) is 0 Å². The summed E-state index contributed by atoms with van der Waals surface area (Å²) in [5.41, 5.74) is 1.77. The van der Waals surface area contributed by atoms with Crippen molar-refractivity contribution in [3.8, 4) is 0 Å². The number of rotatable bonds is 3. The Balaban J connectivity index is 1.87. The van der Waals surface area contributed by atoms with Crippen LogP contribution in [0.4, 0.5) is 5.69 Å². The van der Waals surface area contributed by atoms with Gasteiger partial charge >= 0.3 is 5.97 Å². The van der Waals surface area contributed by atoms with Crippen LogP contribution < -0.4 is 4.90 Å². The average Bonchev–Trinajstić information content (AvgIpc) is 3.02. The highest BCUT2D eigenvalue weighted by Gasteiger charge is 2.39. The number of aliphatic carboxylic acids is 1. The van der Waals surface area contributed by atoms with Crippen LogP contribution in [0, 0.1) is 5.92 Å². The van der Waals surface area contributed by atoms with Crippen molar-refractivity contribution in [2.45, 2.75) is 31.8 Å². The maximum Gasteiger partial charge on any atom is 0.304 e. The molecule has 0 aromatic heterocycles. The van der Waals surface area contributed by atoms with E-state index in [0.717, 1.165) is 17.7 Å². The predicted molar refractivity (Wildman–Crippen MR) is 77.3 cm³/mol. The first kappa shape index (κ1) is 14.1. The molecule has 5 nitrogen and oxygen atoms in total.